The van der Waals surface area contributed by atoms with Crippen molar-refractivity contribution >= 4 is 5.91 Å². The Morgan fingerprint density at radius 3 is 2.55 bits per heavy atom. The highest BCUT2D eigenvalue weighted by atomic mass is 16.3. The van der Waals surface area contributed by atoms with Gasteiger partial charge in [0.15, 0.2) is 0 Å². The molecule has 0 fully saturated rings. The van der Waals surface area contributed by atoms with Crippen molar-refractivity contribution < 1.29 is 9.21 Å². The van der Waals surface area contributed by atoms with Crippen molar-refractivity contribution in [2.75, 3.05) is 20.6 Å². The molecule has 2 rings (SSSR count). The van der Waals surface area contributed by atoms with Crippen molar-refractivity contribution in [2.24, 2.45) is 0 Å². The van der Waals surface area contributed by atoms with Crippen LogP contribution in [0.4, 0.5) is 0 Å². The van der Waals surface area contributed by atoms with Gasteiger partial charge in [-0.1, -0.05) is 30.3 Å². The topological polar surface area (TPSA) is 45.5 Å². The van der Waals surface area contributed by atoms with Crippen molar-refractivity contribution in [1.29, 1.82) is 0 Å². The fourth-order valence-electron chi connectivity index (χ4n) is 2.03. The lowest BCUT2D eigenvalue weighted by Gasteiger charge is -2.18. The molecule has 1 aromatic heterocycles. The largest absolute Gasteiger partial charge is 0.467 e. The lowest BCUT2D eigenvalue weighted by molar-refractivity contribution is -0.128. The molecule has 0 spiro atoms. The molecule has 0 aliphatic rings. The van der Waals surface area contributed by atoms with Gasteiger partial charge in [-0.25, -0.2) is 0 Å². The second kappa shape index (κ2) is 6.91. The highest BCUT2D eigenvalue weighted by Crippen LogP contribution is 2.22. The predicted molar refractivity (Wildman–Crippen MR) is 78.3 cm³/mol. The summed E-state index contributed by atoms with van der Waals surface area (Å²) in [6.07, 6.45) is 2.13. The van der Waals surface area contributed by atoms with E-state index in [0.717, 1.165) is 11.3 Å². The van der Waals surface area contributed by atoms with E-state index in [9.17, 15) is 4.79 Å². The SMILES string of the molecule is CN(C)C(=O)CCNC(c1ccccc1)c1ccco1. The Labute approximate surface area is 119 Å². The van der Waals surface area contributed by atoms with E-state index in [1.54, 1.807) is 25.3 Å². The first-order chi connectivity index (χ1) is 9.68. The van der Waals surface area contributed by atoms with Gasteiger partial charge in [-0.2, -0.15) is 0 Å². The summed E-state index contributed by atoms with van der Waals surface area (Å²) < 4.78 is 5.50. The van der Waals surface area contributed by atoms with Crippen LogP contribution in [0.25, 0.3) is 0 Å². The lowest BCUT2D eigenvalue weighted by Crippen LogP contribution is -2.29. The zero-order chi connectivity index (χ0) is 14.4. The molecule has 2 aromatic rings. The molecule has 1 heterocycles. The summed E-state index contributed by atoms with van der Waals surface area (Å²) in [5.74, 6) is 0.970. The van der Waals surface area contributed by atoms with Crippen LogP contribution < -0.4 is 5.32 Å². The zero-order valence-corrected chi connectivity index (χ0v) is 11.9. The predicted octanol–water partition coefficient (Wildman–Crippen LogP) is 2.44. The third kappa shape index (κ3) is 3.71. The zero-order valence-electron chi connectivity index (χ0n) is 11.9. The molecule has 1 aromatic carbocycles. The van der Waals surface area contributed by atoms with Crippen LogP contribution in [-0.4, -0.2) is 31.4 Å². The molecule has 0 bridgehead atoms. The minimum Gasteiger partial charge on any atom is -0.467 e. The van der Waals surface area contributed by atoms with Crippen LogP contribution in [0.3, 0.4) is 0 Å². The molecule has 20 heavy (non-hydrogen) atoms. The van der Waals surface area contributed by atoms with Crippen LogP contribution in [0.5, 0.6) is 0 Å². The van der Waals surface area contributed by atoms with Crippen LogP contribution >= 0.6 is 0 Å². The average molecular weight is 272 g/mol. The summed E-state index contributed by atoms with van der Waals surface area (Å²) >= 11 is 0. The van der Waals surface area contributed by atoms with Crippen molar-refractivity contribution in [1.82, 2.24) is 10.2 Å². The maximum absolute atomic E-state index is 11.6. The van der Waals surface area contributed by atoms with E-state index in [0.29, 0.717) is 13.0 Å². The van der Waals surface area contributed by atoms with Gasteiger partial charge in [0.05, 0.1) is 12.3 Å². The summed E-state index contributed by atoms with van der Waals surface area (Å²) in [5, 5.41) is 3.38. The molecule has 1 N–H and O–H groups in total. The molecular formula is C16H20N2O2. The lowest BCUT2D eigenvalue weighted by atomic mass is 10.0. The van der Waals surface area contributed by atoms with Crippen LogP contribution in [-0.2, 0) is 4.79 Å². The second-order valence-corrected chi connectivity index (χ2v) is 4.85. The highest BCUT2D eigenvalue weighted by molar-refractivity contribution is 5.75. The van der Waals surface area contributed by atoms with Crippen LogP contribution in [0.1, 0.15) is 23.8 Å². The van der Waals surface area contributed by atoms with Gasteiger partial charge in [-0.3, -0.25) is 4.79 Å². The molecule has 0 aliphatic carbocycles. The Hall–Kier alpha value is -2.07. The normalized spacial score (nSPS) is 12.1. The summed E-state index contributed by atoms with van der Waals surface area (Å²) in [6.45, 7) is 0.608. The van der Waals surface area contributed by atoms with E-state index in [-0.39, 0.29) is 11.9 Å². The molecule has 1 amide bonds. The molecular weight excluding hydrogens is 252 g/mol. The van der Waals surface area contributed by atoms with Gasteiger partial charge in [0, 0.05) is 27.1 Å². The molecule has 1 atom stereocenters. The number of nitrogens with one attached hydrogen (secondary N) is 1. The summed E-state index contributed by atoms with van der Waals surface area (Å²) in [7, 11) is 3.53. The molecule has 1 unspecified atom stereocenters. The third-order valence-electron chi connectivity index (χ3n) is 3.15. The minimum atomic E-state index is -0.0267. The maximum Gasteiger partial charge on any atom is 0.223 e. The maximum atomic E-state index is 11.6. The average Bonchev–Trinajstić information content (AvgIpc) is 2.98. The fraction of sp³-hybridized carbons (Fsp3) is 0.312. The van der Waals surface area contributed by atoms with Crippen LogP contribution in [0.15, 0.2) is 53.1 Å². The van der Waals surface area contributed by atoms with Gasteiger partial charge in [-0.05, 0) is 17.7 Å². The van der Waals surface area contributed by atoms with Crippen molar-refractivity contribution in [3.8, 4) is 0 Å². The number of amides is 1. The van der Waals surface area contributed by atoms with Gasteiger partial charge < -0.3 is 14.6 Å². The van der Waals surface area contributed by atoms with E-state index in [1.165, 1.54) is 0 Å². The molecule has 0 saturated heterocycles. The van der Waals surface area contributed by atoms with Crippen LogP contribution in [0.2, 0.25) is 0 Å². The first-order valence-corrected chi connectivity index (χ1v) is 6.70. The first kappa shape index (κ1) is 14.3. The number of hydrogen-bond donors (Lipinski definition) is 1. The monoisotopic (exact) mass is 272 g/mol. The number of carbonyl (C=O) groups is 1. The van der Waals surface area contributed by atoms with E-state index in [2.05, 4.69) is 5.32 Å². The van der Waals surface area contributed by atoms with Crippen molar-refractivity contribution in [3.63, 3.8) is 0 Å². The Morgan fingerprint density at radius 1 is 1.20 bits per heavy atom. The molecule has 4 nitrogen and oxygen atoms in total. The van der Waals surface area contributed by atoms with E-state index in [4.69, 9.17) is 4.42 Å². The van der Waals surface area contributed by atoms with Gasteiger partial charge in [0.1, 0.15) is 5.76 Å². The highest BCUT2D eigenvalue weighted by Gasteiger charge is 2.16. The summed E-state index contributed by atoms with van der Waals surface area (Å²) in [5.41, 5.74) is 1.12. The number of carbonyl (C=O) groups excluding carboxylic acids is 1. The van der Waals surface area contributed by atoms with Crippen molar-refractivity contribution in [3.05, 3.63) is 60.1 Å². The third-order valence-corrected chi connectivity index (χ3v) is 3.15. The van der Waals surface area contributed by atoms with Gasteiger partial charge in [0.2, 0.25) is 5.91 Å². The number of nitrogens with zero attached hydrogens (tertiary/aromatic N) is 1. The second-order valence-electron chi connectivity index (χ2n) is 4.85. The van der Waals surface area contributed by atoms with Crippen LogP contribution in [0, 0.1) is 0 Å². The Bertz CT molecular complexity index is 521. The summed E-state index contributed by atoms with van der Waals surface area (Å²) in [4.78, 5) is 13.2. The number of furan rings is 1. The number of rotatable bonds is 6. The standard InChI is InChI=1S/C16H20N2O2/c1-18(2)15(19)10-11-17-16(14-9-6-12-20-14)13-7-4-3-5-8-13/h3-9,12,16-17H,10-11H2,1-2H3. The summed E-state index contributed by atoms with van der Waals surface area (Å²) in [6, 6.07) is 13.9. The molecule has 0 radical (unpaired) electrons. The first-order valence-electron chi connectivity index (χ1n) is 6.70. The number of hydrogen-bond acceptors (Lipinski definition) is 3. The fourth-order valence-corrected chi connectivity index (χ4v) is 2.03. The van der Waals surface area contributed by atoms with Gasteiger partial charge in [-0.15, -0.1) is 0 Å². The Morgan fingerprint density at radius 2 is 1.95 bits per heavy atom. The van der Waals surface area contributed by atoms with E-state index >= 15 is 0 Å². The molecule has 0 aliphatic heterocycles. The minimum absolute atomic E-state index is 0.0267. The van der Waals surface area contributed by atoms with E-state index in [1.807, 2.05) is 42.5 Å². The van der Waals surface area contributed by atoms with Gasteiger partial charge in [0.25, 0.3) is 0 Å². The number of benzene rings is 1. The smallest absolute Gasteiger partial charge is 0.223 e. The van der Waals surface area contributed by atoms with Gasteiger partial charge >= 0.3 is 0 Å². The molecule has 0 saturated carbocycles. The quantitative estimate of drug-likeness (QED) is 0.878. The Balaban J connectivity index is 2.03. The molecule has 4 heteroatoms. The van der Waals surface area contributed by atoms with E-state index < -0.39 is 0 Å². The van der Waals surface area contributed by atoms with Crippen molar-refractivity contribution in [2.45, 2.75) is 12.5 Å². The molecule has 106 valence electrons. The Kier molecular flexibility index (Phi) is 4.96.